The van der Waals surface area contributed by atoms with Crippen molar-refractivity contribution in [3.05, 3.63) is 34.9 Å². The minimum Gasteiger partial charge on any atom is -0.259 e. The zero-order chi connectivity index (χ0) is 12.0. The topological polar surface area (TPSA) is 40.9 Å². The van der Waals surface area contributed by atoms with E-state index in [-0.39, 0.29) is 0 Å². The quantitative estimate of drug-likeness (QED) is 0.736. The Morgan fingerprint density at radius 1 is 1.38 bits per heavy atom. The van der Waals surface area contributed by atoms with Crippen LogP contribution in [0.4, 0.5) is 0 Å². The van der Waals surface area contributed by atoms with Crippen LogP contribution in [-0.2, 0) is 16.6 Å². The first kappa shape index (κ1) is 12.9. The van der Waals surface area contributed by atoms with Crippen molar-refractivity contribution in [1.29, 1.82) is 5.26 Å². The van der Waals surface area contributed by atoms with Gasteiger partial charge in [-0.05, 0) is 31.4 Å². The van der Waals surface area contributed by atoms with E-state index in [4.69, 9.17) is 5.26 Å². The van der Waals surface area contributed by atoms with Crippen LogP contribution in [0.25, 0.3) is 0 Å². The van der Waals surface area contributed by atoms with Crippen molar-refractivity contribution in [1.82, 2.24) is 0 Å². The first-order chi connectivity index (χ1) is 7.63. The molecule has 86 valence electrons. The van der Waals surface area contributed by atoms with Gasteiger partial charge in [-0.1, -0.05) is 23.8 Å². The van der Waals surface area contributed by atoms with Gasteiger partial charge in [0.15, 0.2) is 0 Å². The van der Waals surface area contributed by atoms with Crippen LogP contribution < -0.4 is 0 Å². The largest absolute Gasteiger partial charge is 0.259 e. The fourth-order valence-electron chi connectivity index (χ4n) is 1.51. The predicted molar refractivity (Wildman–Crippen MR) is 67.5 cm³/mol. The molecule has 0 aromatic heterocycles. The van der Waals surface area contributed by atoms with E-state index < -0.39 is 10.8 Å². The molecule has 0 aliphatic rings. The molecule has 1 aromatic rings. The Morgan fingerprint density at radius 3 is 2.81 bits per heavy atom. The van der Waals surface area contributed by atoms with Gasteiger partial charge in [0.1, 0.15) is 0 Å². The lowest BCUT2D eigenvalue weighted by atomic mass is 10.1. The van der Waals surface area contributed by atoms with Gasteiger partial charge in [-0.15, -0.1) is 0 Å². The van der Waals surface area contributed by atoms with Crippen molar-refractivity contribution in [3.8, 4) is 6.07 Å². The zero-order valence-electron chi connectivity index (χ0n) is 9.82. The lowest BCUT2D eigenvalue weighted by Gasteiger charge is -2.06. The molecule has 0 fully saturated rings. The van der Waals surface area contributed by atoms with E-state index in [0.717, 1.165) is 12.0 Å². The molecule has 0 spiro atoms. The third-order valence-electron chi connectivity index (χ3n) is 2.48. The molecule has 0 amide bonds. The van der Waals surface area contributed by atoms with Gasteiger partial charge in [-0.3, -0.25) is 4.21 Å². The Hall–Kier alpha value is -1.14. The maximum absolute atomic E-state index is 11.8. The van der Waals surface area contributed by atoms with E-state index in [1.165, 1.54) is 11.1 Å². The van der Waals surface area contributed by atoms with Gasteiger partial charge in [-0.25, -0.2) is 0 Å². The summed E-state index contributed by atoms with van der Waals surface area (Å²) in [5.74, 6) is 1.24. The van der Waals surface area contributed by atoms with Crippen molar-refractivity contribution in [2.45, 2.75) is 32.4 Å². The highest BCUT2D eigenvalue weighted by molar-refractivity contribution is 7.84. The molecule has 0 heterocycles. The van der Waals surface area contributed by atoms with Gasteiger partial charge >= 0.3 is 0 Å². The van der Waals surface area contributed by atoms with Crippen molar-refractivity contribution in [3.63, 3.8) is 0 Å². The number of nitriles is 1. The average Bonchev–Trinajstić information content (AvgIpc) is 2.24. The van der Waals surface area contributed by atoms with Crippen LogP contribution in [0, 0.1) is 25.2 Å². The standard InChI is InChI=1S/C13H17NOS/c1-11-5-6-12(2)13(9-11)10-16(15)8-4-3-7-14/h5-6,9H,3-4,8,10H2,1-2H3/t16-/m1/s1. The fraction of sp³-hybridized carbons (Fsp3) is 0.462. The Morgan fingerprint density at radius 2 is 2.12 bits per heavy atom. The lowest BCUT2D eigenvalue weighted by Crippen LogP contribution is -2.02. The van der Waals surface area contributed by atoms with Gasteiger partial charge in [-0.2, -0.15) is 5.26 Å². The molecule has 0 bridgehead atoms. The van der Waals surface area contributed by atoms with Crippen LogP contribution in [0.15, 0.2) is 18.2 Å². The number of hydrogen-bond acceptors (Lipinski definition) is 2. The Balaban J connectivity index is 2.56. The first-order valence-corrected chi connectivity index (χ1v) is 6.90. The van der Waals surface area contributed by atoms with E-state index in [2.05, 4.69) is 24.3 Å². The van der Waals surface area contributed by atoms with E-state index in [1.807, 2.05) is 13.8 Å². The number of unbranched alkanes of at least 4 members (excludes halogenated alkanes) is 1. The molecule has 1 rings (SSSR count). The number of hydrogen-bond donors (Lipinski definition) is 0. The maximum Gasteiger partial charge on any atom is 0.0622 e. The fourth-order valence-corrected chi connectivity index (χ4v) is 2.78. The summed E-state index contributed by atoms with van der Waals surface area (Å²) in [6.45, 7) is 4.09. The first-order valence-electron chi connectivity index (χ1n) is 5.41. The van der Waals surface area contributed by atoms with Gasteiger partial charge < -0.3 is 0 Å². The third-order valence-corrected chi connectivity index (χ3v) is 3.86. The lowest BCUT2D eigenvalue weighted by molar-refractivity contribution is 0.680. The number of benzene rings is 1. The molecule has 0 N–H and O–H groups in total. The molecule has 0 aliphatic heterocycles. The molecular weight excluding hydrogens is 218 g/mol. The summed E-state index contributed by atoms with van der Waals surface area (Å²) in [4.78, 5) is 0. The van der Waals surface area contributed by atoms with E-state index >= 15 is 0 Å². The van der Waals surface area contributed by atoms with Crippen molar-refractivity contribution in [2.75, 3.05) is 5.75 Å². The van der Waals surface area contributed by atoms with Gasteiger partial charge in [0.05, 0.1) is 6.07 Å². The van der Waals surface area contributed by atoms with Crippen LogP contribution >= 0.6 is 0 Å². The molecule has 0 radical (unpaired) electrons. The Bertz CT molecular complexity index is 420. The van der Waals surface area contributed by atoms with E-state index in [0.29, 0.717) is 17.9 Å². The normalized spacial score (nSPS) is 12.1. The monoisotopic (exact) mass is 235 g/mol. The average molecular weight is 235 g/mol. The summed E-state index contributed by atoms with van der Waals surface area (Å²) in [7, 11) is -0.842. The zero-order valence-corrected chi connectivity index (χ0v) is 10.6. The molecule has 0 unspecified atom stereocenters. The molecule has 1 aromatic carbocycles. The summed E-state index contributed by atoms with van der Waals surface area (Å²) in [6, 6.07) is 8.30. The van der Waals surface area contributed by atoms with Crippen molar-refractivity contribution in [2.24, 2.45) is 0 Å². The molecule has 0 aliphatic carbocycles. The van der Waals surface area contributed by atoms with E-state index in [9.17, 15) is 4.21 Å². The summed E-state index contributed by atoms with van der Waals surface area (Å²) in [5, 5.41) is 8.40. The SMILES string of the molecule is Cc1ccc(C)c(C[S@](=O)CCCC#N)c1. The van der Waals surface area contributed by atoms with Crippen LogP contribution in [0.5, 0.6) is 0 Å². The minimum atomic E-state index is -0.842. The molecule has 16 heavy (non-hydrogen) atoms. The van der Waals surface area contributed by atoms with Gasteiger partial charge in [0, 0.05) is 28.7 Å². The minimum absolute atomic E-state index is 0.499. The van der Waals surface area contributed by atoms with Crippen LogP contribution in [0.2, 0.25) is 0 Å². The summed E-state index contributed by atoms with van der Waals surface area (Å²) >= 11 is 0. The summed E-state index contributed by atoms with van der Waals surface area (Å²) in [6.07, 6.45) is 1.23. The van der Waals surface area contributed by atoms with E-state index in [1.54, 1.807) is 0 Å². The molecular formula is C13H17NOS. The predicted octanol–water partition coefficient (Wildman–Crippen LogP) is 2.86. The smallest absolute Gasteiger partial charge is 0.0622 e. The summed E-state index contributed by atoms with van der Waals surface area (Å²) in [5.41, 5.74) is 3.56. The molecule has 0 saturated heterocycles. The van der Waals surface area contributed by atoms with Crippen LogP contribution in [0.3, 0.4) is 0 Å². The van der Waals surface area contributed by atoms with Gasteiger partial charge in [0.25, 0.3) is 0 Å². The van der Waals surface area contributed by atoms with Crippen LogP contribution in [0.1, 0.15) is 29.5 Å². The second-order valence-corrected chi connectivity index (χ2v) is 5.56. The molecule has 0 saturated carbocycles. The second-order valence-electron chi connectivity index (χ2n) is 3.98. The maximum atomic E-state index is 11.8. The van der Waals surface area contributed by atoms with Crippen LogP contribution in [-0.4, -0.2) is 9.96 Å². The molecule has 2 nitrogen and oxygen atoms in total. The molecule has 3 heteroatoms. The molecule has 1 atom stereocenters. The van der Waals surface area contributed by atoms with Crippen molar-refractivity contribution >= 4 is 10.8 Å². The highest BCUT2D eigenvalue weighted by Crippen LogP contribution is 2.13. The van der Waals surface area contributed by atoms with Gasteiger partial charge in [0.2, 0.25) is 0 Å². The highest BCUT2D eigenvalue weighted by atomic mass is 32.2. The Labute approximate surface area is 99.8 Å². The Kier molecular flexibility index (Phi) is 5.21. The number of aryl methyl sites for hydroxylation is 2. The summed E-state index contributed by atoms with van der Waals surface area (Å²) < 4.78 is 11.8. The third kappa shape index (κ3) is 4.16. The number of nitrogens with zero attached hydrogens (tertiary/aromatic N) is 1. The second kappa shape index (κ2) is 6.44. The highest BCUT2D eigenvalue weighted by Gasteiger charge is 2.04. The number of rotatable bonds is 5. The van der Waals surface area contributed by atoms with Crippen molar-refractivity contribution < 1.29 is 4.21 Å².